The van der Waals surface area contributed by atoms with Crippen LogP contribution in [-0.4, -0.2) is 35.7 Å². The Kier molecular flexibility index (Phi) is 4.11. The van der Waals surface area contributed by atoms with Crippen molar-refractivity contribution in [1.29, 1.82) is 0 Å². The van der Waals surface area contributed by atoms with Gasteiger partial charge in [0.25, 0.3) is 0 Å². The zero-order chi connectivity index (χ0) is 17.6. The molecule has 0 saturated heterocycles. The van der Waals surface area contributed by atoms with Gasteiger partial charge >= 0.3 is 0 Å². The molecule has 4 N–H and O–H groups in total. The van der Waals surface area contributed by atoms with Crippen molar-refractivity contribution >= 4 is 23.4 Å². The molecule has 0 spiro atoms. The lowest BCUT2D eigenvalue weighted by atomic mass is 10.1. The highest BCUT2D eigenvalue weighted by molar-refractivity contribution is 5.78. The average Bonchev–Trinajstić information content (AvgIpc) is 3.49. The molecule has 2 heterocycles. The van der Waals surface area contributed by atoms with Crippen LogP contribution >= 0.6 is 0 Å². The van der Waals surface area contributed by atoms with Crippen LogP contribution in [0.4, 0.5) is 11.5 Å². The number of nitrogens with two attached hydrogens (primary N) is 1. The van der Waals surface area contributed by atoms with E-state index in [4.69, 9.17) is 15.5 Å². The number of hydrogen-bond acceptors (Lipinski definition) is 7. The number of aliphatic imine (C=N–C) groups is 1. The molecule has 2 aliphatic carbocycles. The van der Waals surface area contributed by atoms with Crippen LogP contribution in [0.5, 0.6) is 0 Å². The van der Waals surface area contributed by atoms with E-state index in [-0.39, 0.29) is 6.23 Å². The molecule has 3 aliphatic rings. The Labute approximate surface area is 148 Å². The number of anilines is 2. The molecule has 2 fully saturated rings. The monoisotopic (exact) mass is 342 g/mol. The lowest BCUT2D eigenvalue weighted by Gasteiger charge is -2.25. The Hall–Kier alpha value is -2.15. The van der Waals surface area contributed by atoms with Gasteiger partial charge in [0.05, 0.1) is 29.0 Å². The van der Waals surface area contributed by atoms with Crippen LogP contribution in [0.1, 0.15) is 44.1 Å². The number of aromatic nitrogens is 2. The molecule has 134 valence electrons. The van der Waals surface area contributed by atoms with E-state index in [0.29, 0.717) is 35.2 Å². The Morgan fingerprint density at radius 3 is 2.68 bits per heavy atom. The minimum atomic E-state index is -0.287. The molecule has 7 heteroatoms. The van der Waals surface area contributed by atoms with Gasteiger partial charge in [-0.15, -0.1) is 0 Å². The van der Waals surface area contributed by atoms with E-state index in [2.05, 4.69) is 27.5 Å². The van der Waals surface area contributed by atoms with Crippen LogP contribution in [0, 0.1) is 18.8 Å². The summed E-state index contributed by atoms with van der Waals surface area (Å²) >= 11 is 0. The Morgan fingerprint density at radius 2 is 2.04 bits per heavy atom. The smallest absolute Gasteiger partial charge is 0.164 e. The van der Waals surface area contributed by atoms with Gasteiger partial charge in [0.15, 0.2) is 17.9 Å². The van der Waals surface area contributed by atoms with Crippen molar-refractivity contribution in [2.45, 2.75) is 51.8 Å². The molecule has 0 bridgehead atoms. The number of methoxy groups -OCH3 is 1. The normalized spacial score (nSPS) is 24.2. The Balaban J connectivity index is 1.75. The zero-order valence-corrected chi connectivity index (χ0v) is 15.0. The molecule has 1 aliphatic heterocycles. The van der Waals surface area contributed by atoms with E-state index in [1.165, 1.54) is 12.8 Å². The number of nitrogens with one attached hydrogen (secondary N) is 2. The number of allylic oxidation sites excluding steroid dienone is 1. The number of nitrogens with zero attached hydrogens (tertiary/aromatic N) is 3. The maximum atomic E-state index is 6.24. The second-order valence-electron chi connectivity index (χ2n) is 7.28. The minimum absolute atomic E-state index is 0.287. The summed E-state index contributed by atoms with van der Waals surface area (Å²) < 4.78 is 5.61. The third-order valence-corrected chi connectivity index (χ3v) is 5.24. The van der Waals surface area contributed by atoms with Gasteiger partial charge in [0.1, 0.15) is 0 Å². The average molecular weight is 342 g/mol. The van der Waals surface area contributed by atoms with E-state index in [9.17, 15) is 0 Å². The summed E-state index contributed by atoms with van der Waals surface area (Å²) in [6.07, 6.45) is 6.28. The van der Waals surface area contributed by atoms with Crippen molar-refractivity contribution in [3.05, 3.63) is 17.2 Å². The second kappa shape index (κ2) is 6.29. The molecule has 0 radical (unpaired) electrons. The fourth-order valence-electron chi connectivity index (χ4n) is 3.30. The molecule has 25 heavy (non-hydrogen) atoms. The molecular formula is C18H26N6O. The SMILES string of the molecule is COC1NC=NC(C2CC2)=C1c1nc(C)c(N)c(N[C@@H](C)C2CC2)n1. The van der Waals surface area contributed by atoms with Gasteiger partial charge in [-0.25, -0.2) is 15.0 Å². The first-order valence-electron chi connectivity index (χ1n) is 9.05. The minimum Gasteiger partial charge on any atom is -0.394 e. The Morgan fingerprint density at radius 1 is 1.28 bits per heavy atom. The molecule has 2 saturated carbocycles. The van der Waals surface area contributed by atoms with Crippen LogP contribution in [0.3, 0.4) is 0 Å². The highest BCUT2D eigenvalue weighted by Gasteiger charge is 2.35. The van der Waals surface area contributed by atoms with Gasteiger partial charge in [-0.1, -0.05) is 0 Å². The van der Waals surface area contributed by atoms with Gasteiger partial charge in [-0.2, -0.15) is 0 Å². The third-order valence-electron chi connectivity index (χ3n) is 5.24. The highest BCUT2D eigenvalue weighted by Crippen LogP contribution is 2.42. The topological polar surface area (TPSA) is 97.5 Å². The maximum Gasteiger partial charge on any atom is 0.164 e. The van der Waals surface area contributed by atoms with Crippen LogP contribution in [-0.2, 0) is 4.74 Å². The molecular weight excluding hydrogens is 316 g/mol. The predicted molar refractivity (Wildman–Crippen MR) is 99.1 cm³/mol. The molecule has 1 aromatic rings. The van der Waals surface area contributed by atoms with Crippen molar-refractivity contribution in [1.82, 2.24) is 15.3 Å². The van der Waals surface area contributed by atoms with Crippen molar-refractivity contribution < 1.29 is 4.74 Å². The van der Waals surface area contributed by atoms with E-state index in [1.54, 1.807) is 13.4 Å². The molecule has 1 aromatic heterocycles. The third kappa shape index (κ3) is 3.20. The first-order valence-corrected chi connectivity index (χ1v) is 9.05. The summed E-state index contributed by atoms with van der Waals surface area (Å²) in [6, 6.07) is 0.363. The Bertz CT molecular complexity index is 735. The predicted octanol–water partition coefficient (Wildman–Crippen LogP) is 2.30. The fraction of sp³-hybridized carbons (Fsp3) is 0.611. The van der Waals surface area contributed by atoms with Crippen LogP contribution in [0.25, 0.3) is 5.57 Å². The largest absolute Gasteiger partial charge is 0.394 e. The second-order valence-corrected chi connectivity index (χ2v) is 7.28. The summed E-state index contributed by atoms with van der Waals surface area (Å²) in [5.74, 6) is 2.56. The standard InChI is InChI=1S/C18H26N6O/c1-9(11-4-5-11)22-17-14(19)10(2)23-16(24-17)13-15(12-6-7-12)20-8-21-18(13)25-3/h8-9,11-12,18H,4-7,19H2,1-3H3,(H,20,21)(H,22,23,24)/t9-,18?/m0/s1. The molecule has 0 amide bonds. The number of aryl methyl sites for hydroxylation is 1. The van der Waals surface area contributed by atoms with Gasteiger partial charge in [0, 0.05) is 19.1 Å². The van der Waals surface area contributed by atoms with E-state index < -0.39 is 0 Å². The number of nitrogen functional groups attached to an aromatic ring is 1. The summed E-state index contributed by atoms with van der Waals surface area (Å²) in [7, 11) is 1.68. The van der Waals surface area contributed by atoms with E-state index in [1.807, 2.05) is 6.92 Å². The van der Waals surface area contributed by atoms with Crippen molar-refractivity contribution in [3.63, 3.8) is 0 Å². The number of ether oxygens (including phenoxy) is 1. The molecule has 0 aromatic carbocycles. The molecule has 2 atom stereocenters. The molecule has 7 nitrogen and oxygen atoms in total. The summed E-state index contributed by atoms with van der Waals surface area (Å²) in [6.45, 7) is 4.11. The van der Waals surface area contributed by atoms with Crippen molar-refractivity contribution in [3.8, 4) is 0 Å². The van der Waals surface area contributed by atoms with Gasteiger partial charge < -0.3 is 21.1 Å². The lowest BCUT2D eigenvalue weighted by molar-refractivity contribution is 0.136. The number of hydrogen-bond donors (Lipinski definition) is 3. The van der Waals surface area contributed by atoms with Gasteiger partial charge in [-0.05, 0) is 45.4 Å². The zero-order valence-electron chi connectivity index (χ0n) is 15.0. The van der Waals surface area contributed by atoms with Crippen LogP contribution in [0.15, 0.2) is 10.7 Å². The fourth-order valence-corrected chi connectivity index (χ4v) is 3.30. The highest BCUT2D eigenvalue weighted by atomic mass is 16.5. The maximum absolute atomic E-state index is 6.24. The van der Waals surface area contributed by atoms with Crippen molar-refractivity contribution in [2.75, 3.05) is 18.2 Å². The van der Waals surface area contributed by atoms with Gasteiger partial charge in [-0.3, -0.25) is 0 Å². The van der Waals surface area contributed by atoms with E-state index in [0.717, 1.165) is 29.8 Å². The van der Waals surface area contributed by atoms with Gasteiger partial charge in [0.2, 0.25) is 0 Å². The lowest BCUT2D eigenvalue weighted by Crippen LogP contribution is -2.35. The molecule has 1 unspecified atom stereocenters. The summed E-state index contributed by atoms with van der Waals surface area (Å²) in [5.41, 5.74) is 9.61. The first-order chi connectivity index (χ1) is 12.1. The summed E-state index contributed by atoms with van der Waals surface area (Å²) in [5, 5.41) is 6.64. The number of rotatable bonds is 6. The molecule has 4 rings (SSSR count). The van der Waals surface area contributed by atoms with E-state index >= 15 is 0 Å². The first kappa shape index (κ1) is 16.3. The quantitative estimate of drug-likeness (QED) is 0.734. The van der Waals surface area contributed by atoms with Crippen LogP contribution in [0.2, 0.25) is 0 Å². The van der Waals surface area contributed by atoms with Crippen molar-refractivity contribution in [2.24, 2.45) is 16.8 Å². The summed E-state index contributed by atoms with van der Waals surface area (Å²) in [4.78, 5) is 14.0. The van der Waals surface area contributed by atoms with Crippen LogP contribution < -0.4 is 16.4 Å².